The third-order valence-electron chi connectivity index (χ3n) is 5.15. The number of hydrogen-bond acceptors (Lipinski definition) is 4. The number of aromatic nitrogens is 3. The quantitative estimate of drug-likeness (QED) is 0.600. The molecule has 5 rings (SSSR count). The van der Waals surface area contributed by atoms with Crippen molar-refractivity contribution in [3.63, 3.8) is 0 Å². The molecule has 1 aliphatic heterocycles. The molecule has 0 atom stereocenters. The molecule has 0 spiro atoms. The number of amides is 1. The Hall–Kier alpha value is -3.15. The van der Waals surface area contributed by atoms with Crippen molar-refractivity contribution < 1.29 is 9.21 Å². The second-order valence-electron chi connectivity index (χ2n) is 6.74. The van der Waals surface area contributed by atoms with Crippen LogP contribution < -0.4 is 0 Å². The molecule has 2 aromatic carbocycles. The van der Waals surface area contributed by atoms with Crippen LogP contribution in [0.5, 0.6) is 0 Å². The summed E-state index contributed by atoms with van der Waals surface area (Å²) in [7, 11) is 0. The largest absolute Gasteiger partial charge is 0.443 e. The van der Waals surface area contributed by atoms with Crippen LogP contribution in [0.2, 0.25) is 0 Å². The van der Waals surface area contributed by atoms with Crippen molar-refractivity contribution in [1.29, 1.82) is 0 Å². The number of carbonyl (C=O) groups excluding carboxylic acids is 1. The highest BCUT2D eigenvalue weighted by Gasteiger charge is 2.26. The van der Waals surface area contributed by atoms with Gasteiger partial charge in [-0.05, 0) is 43.2 Å². The minimum absolute atomic E-state index is 0.0537. The second kappa shape index (κ2) is 5.98. The Bertz CT molecular complexity index is 1060. The molecule has 0 radical (unpaired) electrons. The molecule has 0 saturated carbocycles. The number of likely N-dealkylation sites (tertiary alicyclic amines) is 1. The first-order chi connectivity index (χ1) is 12.8. The van der Waals surface area contributed by atoms with Crippen molar-refractivity contribution >= 4 is 28.0 Å². The van der Waals surface area contributed by atoms with Gasteiger partial charge < -0.3 is 14.3 Å². The van der Waals surface area contributed by atoms with E-state index < -0.39 is 0 Å². The smallest absolute Gasteiger partial charge is 0.253 e. The fourth-order valence-electron chi connectivity index (χ4n) is 3.70. The molecule has 1 fully saturated rings. The summed E-state index contributed by atoms with van der Waals surface area (Å²) < 4.78 is 5.24. The molecular weight excluding hydrogens is 328 g/mol. The van der Waals surface area contributed by atoms with E-state index in [0.717, 1.165) is 42.8 Å². The summed E-state index contributed by atoms with van der Waals surface area (Å²) in [5.74, 6) is 1.45. The highest BCUT2D eigenvalue weighted by molar-refractivity contribution is 5.97. The molecule has 0 aliphatic carbocycles. The van der Waals surface area contributed by atoms with Crippen LogP contribution in [0.15, 0.2) is 53.3 Å². The normalized spacial score (nSPS) is 15.8. The zero-order chi connectivity index (χ0) is 17.5. The number of benzene rings is 2. The van der Waals surface area contributed by atoms with Gasteiger partial charge in [0.15, 0.2) is 12.0 Å². The molecule has 6 nitrogen and oxygen atoms in total. The zero-order valence-corrected chi connectivity index (χ0v) is 14.2. The van der Waals surface area contributed by atoms with E-state index >= 15 is 0 Å². The number of nitrogens with zero attached hydrogens (tertiary/aromatic N) is 3. The van der Waals surface area contributed by atoms with E-state index in [2.05, 4.69) is 9.97 Å². The Morgan fingerprint density at radius 3 is 2.81 bits per heavy atom. The van der Waals surface area contributed by atoms with Gasteiger partial charge in [-0.3, -0.25) is 4.79 Å². The summed E-state index contributed by atoms with van der Waals surface area (Å²) in [6, 6.07) is 13.5. The molecule has 3 heterocycles. The molecule has 1 saturated heterocycles. The average Bonchev–Trinajstić information content (AvgIpc) is 3.33. The number of H-pyrrole nitrogens is 1. The van der Waals surface area contributed by atoms with Crippen LogP contribution in [-0.4, -0.2) is 38.8 Å². The third kappa shape index (κ3) is 2.54. The molecule has 1 N–H and O–H groups in total. The fourth-order valence-corrected chi connectivity index (χ4v) is 3.70. The molecule has 26 heavy (non-hydrogen) atoms. The monoisotopic (exact) mass is 346 g/mol. The number of aromatic amines is 1. The van der Waals surface area contributed by atoms with Crippen molar-refractivity contribution in [2.75, 3.05) is 13.1 Å². The Labute approximate surface area is 149 Å². The first kappa shape index (κ1) is 15.1. The van der Waals surface area contributed by atoms with Crippen LogP contribution in [0, 0.1) is 0 Å². The van der Waals surface area contributed by atoms with Gasteiger partial charge in [-0.25, -0.2) is 9.97 Å². The van der Waals surface area contributed by atoms with E-state index in [1.807, 2.05) is 29.2 Å². The fraction of sp³-hybridized carbons (Fsp3) is 0.250. The lowest BCUT2D eigenvalue weighted by Crippen LogP contribution is -2.38. The molecule has 0 unspecified atom stereocenters. The first-order valence-corrected chi connectivity index (χ1v) is 8.85. The number of carbonyl (C=O) groups is 1. The average molecular weight is 346 g/mol. The van der Waals surface area contributed by atoms with Crippen molar-refractivity contribution in [2.24, 2.45) is 0 Å². The van der Waals surface area contributed by atoms with Gasteiger partial charge in [-0.1, -0.05) is 12.1 Å². The summed E-state index contributed by atoms with van der Waals surface area (Å²) in [4.78, 5) is 27.0. The summed E-state index contributed by atoms with van der Waals surface area (Å²) in [5, 5.41) is 0. The van der Waals surface area contributed by atoms with Gasteiger partial charge in [-0.2, -0.15) is 0 Å². The molecule has 1 amide bonds. The Kier molecular flexibility index (Phi) is 3.48. The zero-order valence-electron chi connectivity index (χ0n) is 14.2. The topological polar surface area (TPSA) is 75.0 Å². The molecule has 2 aromatic heterocycles. The lowest BCUT2D eigenvalue weighted by molar-refractivity contribution is 0.0711. The van der Waals surface area contributed by atoms with Crippen LogP contribution >= 0.6 is 0 Å². The van der Waals surface area contributed by atoms with E-state index in [9.17, 15) is 4.79 Å². The van der Waals surface area contributed by atoms with Crippen LogP contribution in [0.4, 0.5) is 0 Å². The molecule has 4 aromatic rings. The summed E-state index contributed by atoms with van der Waals surface area (Å²) in [6.07, 6.45) is 3.23. The standard InChI is InChI=1S/C20H18N4O2/c25-20(14-5-6-18-17(11-14)21-12-26-18)24-9-7-13(8-10-24)19-22-15-3-1-2-4-16(15)23-19/h1-6,11-13H,7-10H2,(H,22,23). The molecule has 6 heteroatoms. The van der Waals surface area contributed by atoms with Crippen LogP contribution in [0.25, 0.3) is 22.1 Å². The maximum absolute atomic E-state index is 12.8. The minimum atomic E-state index is 0.0537. The molecule has 0 bridgehead atoms. The van der Waals surface area contributed by atoms with Crippen molar-refractivity contribution in [1.82, 2.24) is 19.9 Å². The maximum atomic E-state index is 12.8. The van der Waals surface area contributed by atoms with E-state index in [1.54, 1.807) is 18.2 Å². The predicted octanol–water partition coefficient (Wildman–Crippen LogP) is 3.72. The number of nitrogens with one attached hydrogen (secondary N) is 1. The number of piperidine rings is 1. The van der Waals surface area contributed by atoms with Gasteiger partial charge in [0.25, 0.3) is 5.91 Å². The molecular formula is C20H18N4O2. The van der Waals surface area contributed by atoms with E-state index in [1.165, 1.54) is 6.39 Å². The van der Waals surface area contributed by atoms with Crippen molar-refractivity contribution in [3.8, 4) is 0 Å². The summed E-state index contributed by atoms with van der Waals surface area (Å²) in [5.41, 5.74) is 4.15. The number of para-hydroxylation sites is 2. The van der Waals surface area contributed by atoms with Crippen molar-refractivity contribution in [3.05, 3.63) is 60.2 Å². The number of imidazole rings is 1. The van der Waals surface area contributed by atoms with Gasteiger partial charge in [-0.15, -0.1) is 0 Å². The maximum Gasteiger partial charge on any atom is 0.253 e. The Balaban J connectivity index is 1.30. The SMILES string of the molecule is O=C(c1ccc2ocnc2c1)N1CCC(c2nc3ccccc3[nH]2)CC1. The van der Waals surface area contributed by atoms with Gasteiger partial charge in [0, 0.05) is 24.6 Å². The predicted molar refractivity (Wildman–Crippen MR) is 98.0 cm³/mol. The lowest BCUT2D eigenvalue weighted by Gasteiger charge is -2.31. The summed E-state index contributed by atoms with van der Waals surface area (Å²) in [6.45, 7) is 1.47. The van der Waals surface area contributed by atoms with Gasteiger partial charge in [0.2, 0.25) is 0 Å². The number of hydrogen-bond donors (Lipinski definition) is 1. The van der Waals surface area contributed by atoms with Gasteiger partial charge >= 0.3 is 0 Å². The van der Waals surface area contributed by atoms with Crippen molar-refractivity contribution in [2.45, 2.75) is 18.8 Å². The van der Waals surface area contributed by atoms with Crippen LogP contribution in [0.3, 0.4) is 0 Å². The number of rotatable bonds is 2. The highest BCUT2D eigenvalue weighted by Crippen LogP contribution is 2.28. The lowest BCUT2D eigenvalue weighted by atomic mass is 9.95. The molecule has 130 valence electrons. The van der Waals surface area contributed by atoms with E-state index in [-0.39, 0.29) is 5.91 Å². The molecule has 1 aliphatic rings. The highest BCUT2D eigenvalue weighted by atomic mass is 16.3. The number of oxazole rings is 1. The second-order valence-corrected chi connectivity index (χ2v) is 6.74. The Morgan fingerprint density at radius 2 is 1.96 bits per heavy atom. The minimum Gasteiger partial charge on any atom is -0.443 e. The first-order valence-electron chi connectivity index (χ1n) is 8.85. The Morgan fingerprint density at radius 1 is 1.12 bits per heavy atom. The van der Waals surface area contributed by atoms with Gasteiger partial charge in [0.1, 0.15) is 11.3 Å². The van der Waals surface area contributed by atoms with E-state index in [0.29, 0.717) is 22.6 Å². The summed E-state index contributed by atoms with van der Waals surface area (Å²) >= 11 is 0. The van der Waals surface area contributed by atoms with Crippen LogP contribution in [0.1, 0.15) is 34.9 Å². The van der Waals surface area contributed by atoms with Crippen LogP contribution in [-0.2, 0) is 0 Å². The van der Waals surface area contributed by atoms with Gasteiger partial charge in [0.05, 0.1) is 11.0 Å². The van der Waals surface area contributed by atoms with E-state index in [4.69, 9.17) is 9.40 Å². The number of fused-ring (bicyclic) bond motifs is 2. The third-order valence-corrected chi connectivity index (χ3v) is 5.15.